The number of hydrogen-bond donors (Lipinski definition) is 1. The van der Waals surface area contributed by atoms with Gasteiger partial charge in [-0.05, 0) is 49.6 Å². The third kappa shape index (κ3) is 3.80. The topological polar surface area (TPSA) is 69.6 Å². The number of anilines is 1. The van der Waals surface area contributed by atoms with E-state index in [0.29, 0.717) is 23.7 Å². The van der Waals surface area contributed by atoms with Crippen LogP contribution in [-0.2, 0) is 11.8 Å². The molecule has 1 aromatic heterocycles. The van der Waals surface area contributed by atoms with Gasteiger partial charge in [-0.1, -0.05) is 6.07 Å². The largest absolute Gasteiger partial charge is 0.491 e. The van der Waals surface area contributed by atoms with Crippen LogP contribution in [0.25, 0.3) is 10.9 Å². The fourth-order valence-electron chi connectivity index (χ4n) is 3.84. The fraction of sp³-hybridized carbons (Fsp3) is 0.304. The number of amides is 1. The molecule has 6 nitrogen and oxygen atoms in total. The Hall–Kier alpha value is -3.19. The maximum atomic E-state index is 14.6. The van der Waals surface area contributed by atoms with E-state index in [0.717, 1.165) is 42.2 Å². The van der Waals surface area contributed by atoms with Crippen LogP contribution in [0.5, 0.6) is 5.75 Å². The van der Waals surface area contributed by atoms with Gasteiger partial charge in [-0.25, -0.2) is 4.39 Å². The standard InChI is InChI=1S/C23H23FN2O4/c1-14-21(8-5-15-10-16(12-27)26(2)22(14)15)25-23(28)19-7-6-17(11-20(19)24)30-13-18-4-3-9-29-18/h5-8,10-12,18H,3-4,9,13H2,1-2H3,(H,25,28)/t18-/m0/s1. The Morgan fingerprint density at radius 3 is 2.87 bits per heavy atom. The predicted molar refractivity (Wildman–Crippen MR) is 112 cm³/mol. The fourth-order valence-corrected chi connectivity index (χ4v) is 3.84. The molecule has 1 amide bonds. The van der Waals surface area contributed by atoms with Gasteiger partial charge in [0.05, 0.1) is 22.9 Å². The van der Waals surface area contributed by atoms with Crippen LogP contribution in [0.4, 0.5) is 10.1 Å². The molecule has 0 bridgehead atoms. The van der Waals surface area contributed by atoms with Gasteiger partial charge in [-0.2, -0.15) is 0 Å². The summed E-state index contributed by atoms with van der Waals surface area (Å²) in [4.78, 5) is 23.9. The van der Waals surface area contributed by atoms with Crippen LogP contribution in [0.1, 0.15) is 39.3 Å². The summed E-state index contributed by atoms with van der Waals surface area (Å²) >= 11 is 0. The highest BCUT2D eigenvalue weighted by Crippen LogP contribution is 2.28. The van der Waals surface area contributed by atoms with Crippen molar-refractivity contribution in [3.8, 4) is 5.75 Å². The molecule has 1 saturated heterocycles. The van der Waals surface area contributed by atoms with Crippen molar-refractivity contribution < 1.29 is 23.5 Å². The lowest BCUT2D eigenvalue weighted by Gasteiger charge is -2.13. The van der Waals surface area contributed by atoms with E-state index in [4.69, 9.17) is 9.47 Å². The van der Waals surface area contributed by atoms with Crippen molar-refractivity contribution in [1.29, 1.82) is 0 Å². The molecule has 156 valence electrons. The van der Waals surface area contributed by atoms with Crippen LogP contribution in [-0.4, -0.2) is 36.1 Å². The van der Waals surface area contributed by atoms with Gasteiger partial charge in [-0.15, -0.1) is 0 Å². The van der Waals surface area contributed by atoms with E-state index in [1.165, 1.54) is 12.1 Å². The van der Waals surface area contributed by atoms with Crippen molar-refractivity contribution in [3.63, 3.8) is 0 Å². The SMILES string of the molecule is Cc1c(NC(=O)c2ccc(OC[C@@H]3CCCO3)cc2F)ccc2cc(C=O)n(C)c12. The number of aldehydes is 1. The van der Waals surface area contributed by atoms with E-state index in [9.17, 15) is 14.0 Å². The zero-order valence-corrected chi connectivity index (χ0v) is 16.9. The van der Waals surface area contributed by atoms with Crippen molar-refractivity contribution in [3.05, 3.63) is 59.0 Å². The summed E-state index contributed by atoms with van der Waals surface area (Å²) in [5.41, 5.74) is 2.67. The molecule has 1 aliphatic heterocycles. The van der Waals surface area contributed by atoms with E-state index in [1.807, 2.05) is 13.0 Å². The lowest BCUT2D eigenvalue weighted by atomic mass is 10.1. The number of nitrogens with zero attached hydrogens (tertiary/aromatic N) is 1. The monoisotopic (exact) mass is 410 g/mol. The Bertz CT molecular complexity index is 1120. The first-order valence-corrected chi connectivity index (χ1v) is 9.87. The average Bonchev–Trinajstić information content (AvgIpc) is 3.36. The number of fused-ring (bicyclic) bond motifs is 1. The van der Waals surface area contributed by atoms with Gasteiger partial charge < -0.3 is 19.4 Å². The molecule has 0 unspecified atom stereocenters. The lowest BCUT2D eigenvalue weighted by molar-refractivity contribution is 0.0678. The van der Waals surface area contributed by atoms with Crippen LogP contribution in [0.15, 0.2) is 36.4 Å². The highest BCUT2D eigenvalue weighted by Gasteiger charge is 2.18. The van der Waals surface area contributed by atoms with Gasteiger partial charge in [0, 0.05) is 30.8 Å². The van der Waals surface area contributed by atoms with E-state index in [-0.39, 0.29) is 11.7 Å². The normalized spacial score (nSPS) is 16.0. The second-order valence-corrected chi connectivity index (χ2v) is 7.46. The summed E-state index contributed by atoms with van der Waals surface area (Å²) in [5.74, 6) is -0.842. The second kappa shape index (κ2) is 8.28. The zero-order valence-electron chi connectivity index (χ0n) is 16.9. The number of benzene rings is 2. The van der Waals surface area contributed by atoms with Crippen molar-refractivity contribution in [2.24, 2.45) is 7.05 Å². The highest BCUT2D eigenvalue weighted by molar-refractivity contribution is 6.06. The van der Waals surface area contributed by atoms with Crippen LogP contribution in [0.2, 0.25) is 0 Å². The summed E-state index contributed by atoms with van der Waals surface area (Å²) in [5, 5.41) is 3.67. The van der Waals surface area contributed by atoms with Gasteiger partial charge in [-0.3, -0.25) is 9.59 Å². The molecule has 0 spiro atoms. The Balaban J connectivity index is 1.51. The first-order chi connectivity index (χ1) is 14.5. The number of hydrogen-bond acceptors (Lipinski definition) is 4. The number of nitrogens with one attached hydrogen (secondary N) is 1. The molecule has 30 heavy (non-hydrogen) atoms. The minimum Gasteiger partial charge on any atom is -0.491 e. The smallest absolute Gasteiger partial charge is 0.258 e. The van der Waals surface area contributed by atoms with Crippen LogP contribution in [0, 0.1) is 12.7 Å². The summed E-state index contributed by atoms with van der Waals surface area (Å²) in [6.45, 7) is 2.94. The summed E-state index contributed by atoms with van der Waals surface area (Å²) < 4.78 is 27.4. The zero-order chi connectivity index (χ0) is 21.3. The second-order valence-electron chi connectivity index (χ2n) is 7.46. The maximum absolute atomic E-state index is 14.6. The lowest BCUT2D eigenvalue weighted by Crippen LogP contribution is -2.17. The Labute approximate surface area is 173 Å². The van der Waals surface area contributed by atoms with Crippen LogP contribution in [0.3, 0.4) is 0 Å². The number of aryl methyl sites for hydroxylation is 2. The molecule has 2 heterocycles. The van der Waals surface area contributed by atoms with Gasteiger partial charge in [0.1, 0.15) is 18.2 Å². The number of carbonyl (C=O) groups is 2. The molecule has 1 N–H and O–H groups in total. The van der Waals surface area contributed by atoms with Gasteiger partial charge in [0.25, 0.3) is 5.91 Å². The summed E-state index contributed by atoms with van der Waals surface area (Å²) in [7, 11) is 1.79. The first-order valence-electron chi connectivity index (χ1n) is 9.87. The quantitative estimate of drug-likeness (QED) is 0.617. The molecule has 1 aliphatic rings. The Kier molecular flexibility index (Phi) is 5.55. The first kappa shape index (κ1) is 20.1. The van der Waals surface area contributed by atoms with E-state index >= 15 is 0 Å². The highest BCUT2D eigenvalue weighted by atomic mass is 19.1. The number of carbonyl (C=O) groups excluding carboxylic acids is 2. The number of halogens is 1. The molecule has 1 atom stereocenters. The average molecular weight is 410 g/mol. The molecule has 3 aromatic rings. The van der Waals surface area contributed by atoms with Gasteiger partial charge in [0.15, 0.2) is 6.29 Å². The number of aromatic nitrogens is 1. The van der Waals surface area contributed by atoms with Crippen LogP contribution >= 0.6 is 0 Å². The summed E-state index contributed by atoms with van der Waals surface area (Å²) in [6.07, 6.45) is 2.76. The van der Waals surface area contributed by atoms with Gasteiger partial charge in [0.2, 0.25) is 0 Å². The predicted octanol–water partition coefficient (Wildman–Crippen LogP) is 4.25. The van der Waals surface area contributed by atoms with Crippen molar-refractivity contribution in [2.75, 3.05) is 18.5 Å². The van der Waals surface area contributed by atoms with Crippen LogP contribution < -0.4 is 10.1 Å². The molecule has 0 radical (unpaired) electrons. The third-order valence-electron chi connectivity index (χ3n) is 5.50. The Morgan fingerprint density at radius 2 is 2.17 bits per heavy atom. The molecule has 0 saturated carbocycles. The molecule has 7 heteroatoms. The molecular weight excluding hydrogens is 387 g/mol. The van der Waals surface area contributed by atoms with Crippen molar-refractivity contribution in [1.82, 2.24) is 4.57 Å². The molecule has 4 rings (SSSR count). The molecule has 1 fully saturated rings. The summed E-state index contributed by atoms with van der Waals surface area (Å²) in [6, 6.07) is 9.57. The van der Waals surface area contributed by atoms with E-state index < -0.39 is 11.7 Å². The maximum Gasteiger partial charge on any atom is 0.258 e. The van der Waals surface area contributed by atoms with E-state index in [2.05, 4.69) is 5.32 Å². The van der Waals surface area contributed by atoms with E-state index in [1.54, 1.807) is 29.8 Å². The molecular formula is C23H23FN2O4. The molecule has 0 aliphatic carbocycles. The van der Waals surface area contributed by atoms with Crippen molar-refractivity contribution in [2.45, 2.75) is 25.9 Å². The minimum absolute atomic E-state index is 0.0335. The minimum atomic E-state index is -0.654. The third-order valence-corrected chi connectivity index (χ3v) is 5.50. The number of rotatable bonds is 6. The van der Waals surface area contributed by atoms with Gasteiger partial charge >= 0.3 is 0 Å². The Morgan fingerprint density at radius 1 is 1.33 bits per heavy atom. The molecule has 2 aromatic carbocycles. The number of ether oxygens (including phenoxy) is 2. The van der Waals surface area contributed by atoms with Crippen molar-refractivity contribution >= 4 is 28.8 Å².